The van der Waals surface area contributed by atoms with E-state index in [1.54, 1.807) is 13.8 Å². The van der Waals surface area contributed by atoms with E-state index in [2.05, 4.69) is 35.8 Å². The Morgan fingerprint density at radius 2 is 1.65 bits per heavy atom. The third-order valence-electron chi connectivity index (χ3n) is 3.01. The van der Waals surface area contributed by atoms with Gasteiger partial charge in [0.05, 0.1) is 0 Å². The molecular weight excluding hydrogens is 269 g/mol. The number of fused-ring (bicyclic) bond motifs is 1. The molecule has 0 saturated heterocycles. The summed E-state index contributed by atoms with van der Waals surface area (Å²) in [6.45, 7) is 9.74. The fraction of sp³-hybridized carbons (Fsp3) is 0.615. The van der Waals surface area contributed by atoms with Crippen LogP contribution in [-0.2, 0) is 12.6 Å². The Balaban J connectivity index is 2.63. The van der Waals surface area contributed by atoms with Crippen LogP contribution in [0.4, 0.5) is 13.2 Å². The Morgan fingerprint density at radius 3 is 2.15 bits per heavy atom. The highest BCUT2D eigenvalue weighted by molar-refractivity contribution is 5.37. The van der Waals surface area contributed by atoms with Crippen molar-refractivity contribution in [3.05, 3.63) is 22.8 Å². The number of alkyl halides is 3. The van der Waals surface area contributed by atoms with Gasteiger partial charge < -0.3 is 0 Å². The highest BCUT2D eigenvalue weighted by atomic mass is 19.4. The van der Waals surface area contributed by atoms with Gasteiger partial charge in [0.1, 0.15) is 0 Å². The quantitative estimate of drug-likeness (QED) is 0.807. The predicted octanol–water partition coefficient (Wildman–Crippen LogP) is 3.35. The van der Waals surface area contributed by atoms with E-state index < -0.39 is 12.0 Å². The maximum absolute atomic E-state index is 12.7. The first-order valence-corrected chi connectivity index (χ1v) is 6.29. The zero-order valence-electron chi connectivity index (χ0n) is 12.1. The monoisotopic (exact) mass is 286 g/mol. The van der Waals surface area contributed by atoms with Crippen LogP contribution in [-0.4, -0.2) is 19.6 Å². The molecule has 0 saturated carbocycles. The number of halogens is 3. The van der Waals surface area contributed by atoms with Gasteiger partial charge in [-0.25, -0.2) is 9.50 Å². The molecule has 7 heteroatoms. The molecule has 2 heterocycles. The molecule has 0 aliphatic carbocycles. The smallest absolute Gasteiger partial charge is 0.216 e. The summed E-state index contributed by atoms with van der Waals surface area (Å²) in [6.07, 6.45) is -3.84. The molecule has 0 bridgehead atoms. The Bertz CT molecular complexity index is 650. The van der Waals surface area contributed by atoms with Crippen molar-refractivity contribution in [2.45, 2.75) is 47.2 Å². The molecule has 0 aliphatic rings. The van der Waals surface area contributed by atoms with E-state index in [0.717, 1.165) is 12.0 Å². The molecule has 0 amide bonds. The summed E-state index contributed by atoms with van der Waals surface area (Å²) >= 11 is 0. The lowest BCUT2D eigenvalue weighted by Crippen LogP contribution is -2.15. The van der Waals surface area contributed by atoms with E-state index in [1.165, 1.54) is 4.52 Å². The molecule has 0 aromatic carbocycles. The van der Waals surface area contributed by atoms with Crippen molar-refractivity contribution in [3.63, 3.8) is 0 Å². The average molecular weight is 286 g/mol. The Hall–Kier alpha value is -1.66. The molecule has 20 heavy (non-hydrogen) atoms. The Kier molecular flexibility index (Phi) is 3.26. The lowest BCUT2D eigenvalue weighted by atomic mass is 9.87. The van der Waals surface area contributed by atoms with E-state index in [4.69, 9.17) is 0 Å². The number of aromatic nitrogens is 4. The van der Waals surface area contributed by atoms with E-state index >= 15 is 0 Å². The minimum Gasteiger partial charge on any atom is -0.216 e. The number of hydrogen-bond acceptors (Lipinski definition) is 3. The minimum atomic E-state index is -4.56. The molecule has 2 aromatic rings. The summed E-state index contributed by atoms with van der Waals surface area (Å²) in [5.74, 6) is -1.16. The van der Waals surface area contributed by atoms with Crippen LogP contribution in [0, 0.1) is 19.3 Å². The van der Waals surface area contributed by atoms with E-state index in [9.17, 15) is 13.2 Å². The number of rotatable bonds is 1. The second-order valence-electron chi connectivity index (χ2n) is 6.14. The van der Waals surface area contributed by atoms with Gasteiger partial charge in [0.25, 0.3) is 11.6 Å². The van der Waals surface area contributed by atoms with E-state index in [0.29, 0.717) is 11.4 Å². The molecule has 4 nitrogen and oxygen atoms in total. The SMILES string of the molecule is Cc1nc2nc(C(F)(F)F)nn2c(C)c1CC(C)(C)C. The van der Waals surface area contributed by atoms with Crippen LogP contribution < -0.4 is 0 Å². The van der Waals surface area contributed by atoms with Gasteiger partial charge in [0.2, 0.25) is 0 Å². The minimum absolute atomic E-state index is 0.00927. The topological polar surface area (TPSA) is 43.1 Å². The summed E-state index contributed by atoms with van der Waals surface area (Å²) in [6, 6.07) is 0. The molecule has 2 rings (SSSR count). The standard InChI is InChI=1S/C13H17F3N4/c1-7-9(6-12(3,4)5)8(2)20-11(17-7)18-10(19-20)13(14,15)16/h6H2,1-5H3. The molecule has 0 N–H and O–H groups in total. The van der Waals surface area contributed by atoms with Gasteiger partial charge in [-0.05, 0) is 31.2 Å². The van der Waals surface area contributed by atoms with Crippen LogP contribution in [0.1, 0.15) is 43.5 Å². The van der Waals surface area contributed by atoms with Gasteiger partial charge in [0, 0.05) is 11.4 Å². The van der Waals surface area contributed by atoms with Gasteiger partial charge >= 0.3 is 6.18 Å². The molecule has 0 atom stereocenters. The molecule has 0 radical (unpaired) electrons. The molecule has 0 aliphatic heterocycles. The van der Waals surface area contributed by atoms with Crippen LogP contribution in [0.5, 0.6) is 0 Å². The third kappa shape index (κ3) is 2.76. The van der Waals surface area contributed by atoms with Gasteiger partial charge in [-0.15, -0.1) is 5.10 Å². The second kappa shape index (κ2) is 4.43. The van der Waals surface area contributed by atoms with Gasteiger partial charge in [-0.1, -0.05) is 20.8 Å². The third-order valence-corrected chi connectivity index (χ3v) is 3.01. The largest absolute Gasteiger partial charge is 0.453 e. The van der Waals surface area contributed by atoms with Crippen molar-refractivity contribution in [1.82, 2.24) is 19.6 Å². The fourth-order valence-corrected chi connectivity index (χ4v) is 2.11. The van der Waals surface area contributed by atoms with Crippen molar-refractivity contribution in [2.24, 2.45) is 5.41 Å². The average Bonchev–Trinajstić information content (AvgIpc) is 2.66. The second-order valence-corrected chi connectivity index (χ2v) is 6.14. The maximum atomic E-state index is 12.7. The van der Waals surface area contributed by atoms with Crippen LogP contribution in [0.2, 0.25) is 0 Å². The summed E-state index contributed by atoms with van der Waals surface area (Å²) in [7, 11) is 0. The zero-order valence-corrected chi connectivity index (χ0v) is 12.1. The summed E-state index contributed by atoms with van der Waals surface area (Å²) < 4.78 is 39.2. The molecule has 0 fully saturated rings. The van der Waals surface area contributed by atoms with E-state index in [-0.39, 0.29) is 11.2 Å². The van der Waals surface area contributed by atoms with Crippen molar-refractivity contribution in [2.75, 3.05) is 0 Å². The lowest BCUT2D eigenvalue weighted by molar-refractivity contribution is -0.144. The molecule has 110 valence electrons. The van der Waals surface area contributed by atoms with Crippen molar-refractivity contribution in [1.29, 1.82) is 0 Å². The van der Waals surface area contributed by atoms with E-state index in [1.807, 2.05) is 0 Å². The van der Waals surface area contributed by atoms with Crippen molar-refractivity contribution < 1.29 is 13.2 Å². The molecule has 2 aromatic heterocycles. The normalized spacial score (nSPS) is 13.2. The first-order chi connectivity index (χ1) is 8.99. The van der Waals surface area contributed by atoms with Gasteiger partial charge in [0.15, 0.2) is 0 Å². The van der Waals surface area contributed by atoms with Gasteiger partial charge in [-0.3, -0.25) is 0 Å². The van der Waals surface area contributed by atoms with Crippen molar-refractivity contribution in [3.8, 4) is 0 Å². The summed E-state index contributed by atoms with van der Waals surface area (Å²) in [5, 5.41) is 3.53. The first kappa shape index (κ1) is 14.7. The van der Waals surface area contributed by atoms with Crippen molar-refractivity contribution >= 4 is 5.78 Å². The van der Waals surface area contributed by atoms with Crippen LogP contribution in [0.25, 0.3) is 5.78 Å². The molecule has 0 unspecified atom stereocenters. The van der Waals surface area contributed by atoms with Gasteiger partial charge in [-0.2, -0.15) is 18.2 Å². The Labute approximate surface area is 115 Å². The highest BCUT2D eigenvalue weighted by Gasteiger charge is 2.37. The molecule has 0 spiro atoms. The molecular formula is C13H17F3N4. The van der Waals surface area contributed by atoms with Crippen LogP contribution in [0.3, 0.4) is 0 Å². The fourth-order valence-electron chi connectivity index (χ4n) is 2.11. The first-order valence-electron chi connectivity index (χ1n) is 6.29. The maximum Gasteiger partial charge on any atom is 0.453 e. The van der Waals surface area contributed by atoms with Crippen LogP contribution >= 0.6 is 0 Å². The summed E-state index contributed by atoms with van der Waals surface area (Å²) in [5.41, 5.74) is 2.29. The zero-order chi connectivity index (χ0) is 15.3. The number of hydrogen-bond donors (Lipinski definition) is 0. The highest BCUT2D eigenvalue weighted by Crippen LogP contribution is 2.28. The number of nitrogens with zero attached hydrogens (tertiary/aromatic N) is 4. The summed E-state index contributed by atoms with van der Waals surface area (Å²) in [4.78, 5) is 7.60. The predicted molar refractivity (Wildman–Crippen MR) is 68.4 cm³/mol. The van der Waals surface area contributed by atoms with Crippen LogP contribution in [0.15, 0.2) is 0 Å². The Morgan fingerprint density at radius 1 is 1.05 bits per heavy atom. The number of aryl methyl sites for hydroxylation is 2. The lowest BCUT2D eigenvalue weighted by Gasteiger charge is -2.20.